The highest BCUT2D eigenvalue weighted by molar-refractivity contribution is 7.89. The standard InChI is InChI=1S/C18H19F3N8O3S/c1-28(12-5-3-2-4-6-12)17-25-13(24-16(22)26-17)14-23-15(32-27-14)11-7-8-29(9-11)33(30,31)10-18(19,20)21/h2-6,11H,7-10H2,1H3,(H2,22,24,25,26). The minimum Gasteiger partial charge on any atom is -0.368 e. The molecule has 15 heteroatoms. The van der Waals surface area contributed by atoms with Crippen molar-refractivity contribution in [1.29, 1.82) is 0 Å². The summed E-state index contributed by atoms with van der Waals surface area (Å²) >= 11 is 0. The van der Waals surface area contributed by atoms with Crippen LogP contribution < -0.4 is 10.6 Å². The van der Waals surface area contributed by atoms with Crippen molar-refractivity contribution < 1.29 is 26.1 Å². The molecule has 0 aliphatic carbocycles. The lowest BCUT2D eigenvalue weighted by Gasteiger charge is -2.17. The van der Waals surface area contributed by atoms with Gasteiger partial charge in [0.2, 0.25) is 39.5 Å². The highest BCUT2D eigenvalue weighted by Gasteiger charge is 2.42. The summed E-state index contributed by atoms with van der Waals surface area (Å²) in [6, 6.07) is 9.27. The van der Waals surface area contributed by atoms with Crippen LogP contribution in [0, 0.1) is 0 Å². The van der Waals surface area contributed by atoms with Gasteiger partial charge in [0.15, 0.2) is 5.75 Å². The number of rotatable bonds is 6. The van der Waals surface area contributed by atoms with Gasteiger partial charge in [-0.3, -0.25) is 0 Å². The van der Waals surface area contributed by atoms with Crippen LogP contribution in [-0.4, -0.2) is 69.9 Å². The van der Waals surface area contributed by atoms with Crippen molar-refractivity contribution in [2.45, 2.75) is 18.5 Å². The van der Waals surface area contributed by atoms with E-state index in [1.165, 1.54) is 0 Å². The molecule has 0 amide bonds. The van der Waals surface area contributed by atoms with E-state index in [-0.39, 0.29) is 48.9 Å². The summed E-state index contributed by atoms with van der Waals surface area (Å²) in [7, 11) is -2.75. The van der Waals surface area contributed by atoms with E-state index in [2.05, 4.69) is 25.1 Å². The van der Waals surface area contributed by atoms with Crippen molar-refractivity contribution in [1.82, 2.24) is 29.4 Å². The van der Waals surface area contributed by atoms with Gasteiger partial charge in [-0.2, -0.15) is 33.1 Å². The third-order valence-electron chi connectivity index (χ3n) is 4.97. The number of halogens is 3. The maximum atomic E-state index is 12.6. The minimum atomic E-state index is -4.82. The van der Waals surface area contributed by atoms with Gasteiger partial charge in [-0.15, -0.1) is 0 Å². The van der Waals surface area contributed by atoms with Crippen LogP contribution >= 0.6 is 0 Å². The Kier molecular flexibility index (Phi) is 5.92. The first-order chi connectivity index (χ1) is 15.5. The summed E-state index contributed by atoms with van der Waals surface area (Å²) < 4.78 is 67.7. The lowest BCUT2D eigenvalue weighted by molar-refractivity contribution is -0.107. The molecule has 0 spiro atoms. The van der Waals surface area contributed by atoms with Gasteiger partial charge in [0.1, 0.15) is 0 Å². The molecule has 176 valence electrons. The fourth-order valence-electron chi connectivity index (χ4n) is 3.37. The van der Waals surface area contributed by atoms with Crippen LogP contribution in [0.3, 0.4) is 0 Å². The van der Waals surface area contributed by atoms with Gasteiger partial charge < -0.3 is 15.2 Å². The van der Waals surface area contributed by atoms with E-state index in [9.17, 15) is 21.6 Å². The molecule has 1 fully saturated rings. The maximum absolute atomic E-state index is 12.6. The average molecular weight is 484 g/mol. The summed E-state index contributed by atoms with van der Waals surface area (Å²) in [6.07, 6.45) is -4.59. The number of alkyl halides is 3. The molecule has 1 unspecified atom stereocenters. The van der Waals surface area contributed by atoms with Gasteiger partial charge in [-0.05, 0) is 18.6 Å². The van der Waals surface area contributed by atoms with Crippen LogP contribution in [0.5, 0.6) is 0 Å². The second kappa shape index (κ2) is 8.55. The van der Waals surface area contributed by atoms with Gasteiger partial charge in [-0.25, -0.2) is 12.7 Å². The Morgan fingerprint density at radius 1 is 1.15 bits per heavy atom. The minimum absolute atomic E-state index is 0.00147. The summed E-state index contributed by atoms with van der Waals surface area (Å²) in [5, 5.41) is 3.83. The summed E-state index contributed by atoms with van der Waals surface area (Å²) in [6.45, 7) is -0.271. The normalized spacial score (nSPS) is 17.4. The van der Waals surface area contributed by atoms with Crippen LogP contribution in [0.2, 0.25) is 0 Å². The number of hydrogen-bond donors (Lipinski definition) is 1. The van der Waals surface area contributed by atoms with E-state index in [1.54, 1.807) is 11.9 Å². The monoisotopic (exact) mass is 484 g/mol. The molecule has 33 heavy (non-hydrogen) atoms. The van der Waals surface area contributed by atoms with E-state index >= 15 is 0 Å². The molecule has 1 atom stereocenters. The highest BCUT2D eigenvalue weighted by atomic mass is 32.2. The molecule has 4 rings (SSSR count). The average Bonchev–Trinajstić information content (AvgIpc) is 3.42. The lowest BCUT2D eigenvalue weighted by Crippen LogP contribution is -2.36. The van der Waals surface area contributed by atoms with E-state index < -0.39 is 27.9 Å². The first-order valence-electron chi connectivity index (χ1n) is 9.71. The maximum Gasteiger partial charge on any atom is 0.404 e. The quantitative estimate of drug-likeness (QED) is 0.551. The van der Waals surface area contributed by atoms with Crippen LogP contribution in [0.25, 0.3) is 11.6 Å². The molecule has 1 aromatic carbocycles. The van der Waals surface area contributed by atoms with E-state index in [0.29, 0.717) is 0 Å². The third-order valence-corrected chi connectivity index (χ3v) is 6.78. The van der Waals surface area contributed by atoms with Crippen LogP contribution in [0.4, 0.5) is 30.8 Å². The smallest absolute Gasteiger partial charge is 0.368 e. The van der Waals surface area contributed by atoms with E-state index in [0.717, 1.165) is 9.99 Å². The molecule has 2 N–H and O–H groups in total. The van der Waals surface area contributed by atoms with Crippen molar-refractivity contribution in [2.24, 2.45) is 0 Å². The number of nitrogens with zero attached hydrogens (tertiary/aromatic N) is 7. The van der Waals surface area contributed by atoms with Gasteiger partial charge in [0.05, 0.1) is 5.92 Å². The fourth-order valence-corrected chi connectivity index (χ4v) is 4.76. The zero-order valence-electron chi connectivity index (χ0n) is 17.3. The van der Waals surface area contributed by atoms with Crippen LogP contribution in [0.1, 0.15) is 18.2 Å². The van der Waals surface area contributed by atoms with Gasteiger partial charge >= 0.3 is 6.18 Å². The molecule has 3 heterocycles. The molecule has 1 saturated heterocycles. The van der Waals surface area contributed by atoms with Crippen LogP contribution in [0.15, 0.2) is 34.9 Å². The summed E-state index contributed by atoms with van der Waals surface area (Å²) in [5.41, 5.74) is 6.62. The molecule has 2 aromatic heterocycles. The molecular formula is C18H19F3N8O3S. The van der Waals surface area contributed by atoms with Crippen molar-refractivity contribution >= 4 is 27.6 Å². The Morgan fingerprint density at radius 3 is 2.58 bits per heavy atom. The van der Waals surface area contributed by atoms with Crippen molar-refractivity contribution in [3.05, 3.63) is 36.2 Å². The first kappa shape index (κ1) is 22.8. The molecule has 1 aliphatic rings. The van der Waals surface area contributed by atoms with E-state index in [4.69, 9.17) is 10.3 Å². The molecule has 3 aromatic rings. The van der Waals surface area contributed by atoms with Crippen LogP contribution in [-0.2, 0) is 10.0 Å². The first-order valence-corrected chi connectivity index (χ1v) is 11.3. The molecular weight excluding hydrogens is 465 g/mol. The Balaban J connectivity index is 1.53. The molecule has 0 saturated carbocycles. The number of hydrogen-bond acceptors (Lipinski definition) is 10. The van der Waals surface area contributed by atoms with Crippen molar-refractivity contribution in [2.75, 3.05) is 36.5 Å². The second-order valence-corrected chi connectivity index (χ2v) is 9.35. The highest BCUT2D eigenvalue weighted by Crippen LogP contribution is 2.31. The number of aromatic nitrogens is 5. The fraction of sp³-hybridized carbons (Fsp3) is 0.389. The number of para-hydroxylation sites is 1. The Hall–Kier alpha value is -3.33. The SMILES string of the molecule is CN(c1ccccc1)c1nc(N)nc(-c2noc(C3CCN(S(=O)(=O)CC(F)(F)F)C3)n2)n1. The second-order valence-electron chi connectivity index (χ2n) is 7.38. The zero-order valence-corrected chi connectivity index (χ0v) is 18.1. The van der Waals surface area contributed by atoms with Gasteiger partial charge in [0, 0.05) is 25.8 Å². The lowest BCUT2D eigenvalue weighted by atomic mass is 10.1. The number of nitrogens with two attached hydrogens (primary N) is 1. The Labute approximate surface area is 186 Å². The molecule has 1 aliphatic heterocycles. The largest absolute Gasteiger partial charge is 0.404 e. The van der Waals surface area contributed by atoms with Crippen molar-refractivity contribution in [3.8, 4) is 11.6 Å². The summed E-state index contributed by atoms with van der Waals surface area (Å²) in [5.74, 6) is -2.20. The van der Waals surface area contributed by atoms with Gasteiger partial charge in [0.25, 0.3) is 0 Å². The number of benzene rings is 1. The summed E-state index contributed by atoms with van der Waals surface area (Å²) in [4.78, 5) is 18.4. The zero-order chi connectivity index (χ0) is 23.8. The third kappa shape index (κ3) is 5.19. The predicted molar refractivity (Wildman–Crippen MR) is 111 cm³/mol. The Bertz CT molecular complexity index is 1240. The Morgan fingerprint density at radius 2 is 1.88 bits per heavy atom. The molecule has 0 radical (unpaired) electrons. The number of sulfonamides is 1. The van der Waals surface area contributed by atoms with E-state index in [1.807, 2.05) is 30.3 Å². The van der Waals surface area contributed by atoms with Gasteiger partial charge in [-0.1, -0.05) is 23.4 Å². The molecule has 11 nitrogen and oxygen atoms in total. The topological polar surface area (TPSA) is 144 Å². The number of nitrogen functional groups attached to an aromatic ring is 1. The predicted octanol–water partition coefficient (Wildman–Crippen LogP) is 1.95. The number of anilines is 3. The molecule has 0 bridgehead atoms. The van der Waals surface area contributed by atoms with Crippen molar-refractivity contribution in [3.63, 3.8) is 0 Å².